The number of nitrogens with zero attached hydrogens (tertiary/aromatic N) is 2. The molecule has 0 saturated heterocycles. The second-order valence-corrected chi connectivity index (χ2v) is 5.45. The van der Waals surface area contributed by atoms with Crippen LogP contribution in [-0.2, 0) is 4.74 Å². The third-order valence-corrected chi connectivity index (χ3v) is 3.41. The molecule has 0 aliphatic rings. The first-order valence-electron chi connectivity index (χ1n) is 7.42. The maximum absolute atomic E-state index is 12.7. The van der Waals surface area contributed by atoms with Crippen LogP contribution in [0.25, 0.3) is 0 Å². The molecule has 0 radical (unpaired) electrons. The van der Waals surface area contributed by atoms with Gasteiger partial charge in [0.1, 0.15) is 0 Å². The average Bonchev–Trinajstić information content (AvgIpc) is 2.57. The van der Waals surface area contributed by atoms with E-state index in [4.69, 9.17) is 22.1 Å². The van der Waals surface area contributed by atoms with Gasteiger partial charge in [0.05, 0.1) is 12.3 Å². The lowest BCUT2D eigenvalue weighted by atomic mass is 10.1. The fraction of sp³-hybridized carbons (Fsp3) is 0.167. The van der Waals surface area contributed by atoms with Gasteiger partial charge in [-0.3, -0.25) is 4.79 Å². The summed E-state index contributed by atoms with van der Waals surface area (Å²) in [7, 11) is 0. The molecule has 0 aliphatic heterocycles. The molecule has 0 amide bonds. The summed E-state index contributed by atoms with van der Waals surface area (Å²) in [5.41, 5.74) is 7.89. The predicted molar refractivity (Wildman–Crippen MR) is 94.3 cm³/mol. The fourth-order valence-corrected chi connectivity index (χ4v) is 2.01. The highest BCUT2D eigenvalue weighted by Gasteiger charge is 2.17. The van der Waals surface area contributed by atoms with Crippen LogP contribution in [0.4, 0.5) is 5.69 Å². The molecule has 0 unspecified atom stereocenters. The molecule has 5 nitrogen and oxygen atoms in total. The minimum absolute atomic E-state index is 0.0318. The van der Waals surface area contributed by atoms with Crippen LogP contribution in [0.15, 0.2) is 70.3 Å². The number of rotatable bonds is 6. The van der Waals surface area contributed by atoms with Crippen molar-refractivity contribution in [3.8, 4) is 0 Å². The largest absolute Gasteiger partial charge is 0.478 e. The van der Waals surface area contributed by atoms with Gasteiger partial charge in [-0.05, 0) is 38.1 Å². The number of ketones is 1. The molecule has 6 heteroatoms. The van der Waals surface area contributed by atoms with Crippen molar-refractivity contribution in [2.45, 2.75) is 13.8 Å². The molecule has 0 heterocycles. The normalized spacial score (nSPS) is 12.1. The van der Waals surface area contributed by atoms with E-state index >= 15 is 0 Å². The summed E-state index contributed by atoms with van der Waals surface area (Å²) in [5.74, 6) is -0.403. The van der Waals surface area contributed by atoms with Crippen molar-refractivity contribution in [3.63, 3.8) is 0 Å². The van der Waals surface area contributed by atoms with Gasteiger partial charge in [-0.25, -0.2) is 0 Å². The summed E-state index contributed by atoms with van der Waals surface area (Å²) in [5, 5.41) is 8.64. The van der Waals surface area contributed by atoms with E-state index in [9.17, 15) is 4.79 Å². The molecule has 0 fully saturated rings. The highest BCUT2D eigenvalue weighted by molar-refractivity contribution is 6.30. The summed E-state index contributed by atoms with van der Waals surface area (Å²) in [4.78, 5) is 12.7. The second-order valence-electron chi connectivity index (χ2n) is 5.02. The molecule has 2 aromatic rings. The van der Waals surface area contributed by atoms with Crippen molar-refractivity contribution in [1.82, 2.24) is 0 Å². The first kappa shape index (κ1) is 17.7. The summed E-state index contributed by atoms with van der Waals surface area (Å²) < 4.78 is 5.24. The van der Waals surface area contributed by atoms with Gasteiger partial charge in [-0.2, -0.15) is 5.11 Å². The number of carbonyl (C=O) groups excluding carboxylic acids is 1. The number of hydrogen-bond acceptors (Lipinski definition) is 5. The van der Waals surface area contributed by atoms with Crippen LogP contribution in [-0.4, -0.2) is 12.4 Å². The van der Waals surface area contributed by atoms with Crippen molar-refractivity contribution in [2.75, 3.05) is 6.61 Å². The summed E-state index contributed by atoms with van der Waals surface area (Å²) in [6, 6.07) is 13.9. The van der Waals surface area contributed by atoms with Crippen molar-refractivity contribution < 1.29 is 9.53 Å². The van der Waals surface area contributed by atoms with Crippen LogP contribution < -0.4 is 5.73 Å². The van der Waals surface area contributed by atoms with Gasteiger partial charge in [0.15, 0.2) is 5.70 Å². The Labute approximate surface area is 145 Å². The Bertz CT molecular complexity index is 766. The molecule has 0 aromatic heterocycles. The number of hydrogen-bond donors (Lipinski definition) is 1. The van der Waals surface area contributed by atoms with Gasteiger partial charge in [-0.15, -0.1) is 5.11 Å². The lowest BCUT2D eigenvalue weighted by Crippen LogP contribution is -2.12. The number of benzene rings is 2. The van der Waals surface area contributed by atoms with Crippen molar-refractivity contribution in [1.29, 1.82) is 0 Å². The van der Waals surface area contributed by atoms with E-state index in [0.717, 1.165) is 5.56 Å². The van der Waals surface area contributed by atoms with Gasteiger partial charge in [0.2, 0.25) is 11.7 Å². The zero-order valence-corrected chi connectivity index (χ0v) is 14.2. The van der Waals surface area contributed by atoms with Gasteiger partial charge in [0, 0.05) is 10.6 Å². The van der Waals surface area contributed by atoms with Crippen LogP contribution in [0, 0.1) is 6.92 Å². The van der Waals surface area contributed by atoms with Crippen molar-refractivity contribution in [2.24, 2.45) is 16.0 Å². The SMILES string of the molecule is CCO/C(N)=C(\N=Nc1ccc(Cl)cc1)C(=O)c1ccc(C)cc1. The van der Waals surface area contributed by atoms with Gasteiger partial charge in [-0.1, -0.05) is 41.4 Å². The number of halogens is 1. The van der Waals surface area contributed by atoms with E-state index in [1.807, 2.05) is 19.1 Å². The highest BCUT2D eigenvalue weighted by atomic mass is 35.5. The van der Waals surface area contributed by atoms with Crippen LogP contribution in [0.3, 0.4) is 0 Å². The number of allylic oxidation sites excluding steroid dienone is 1. The third-order valence-electron chi connectivity index (χ3n) is 3.15. The summed E-state index contributed by atoms with van der Waals surface area (Å²) in [6.45, 7) is 4.05. The molecule has 124 valence electrons. The Kier molecular flexibility index (Phi) is 6.09. The van der Waals surface area contributed by atoms with Crippen LogP contribution in [0.1, 0.15) is 22.8 Å². The number of nitrogens with two attached hydrogens (primary N) is 1. The monoisotopic (exact) mass is 343 g/mol. The smallest absolute Gasteiger partial charge is 0.218 e. The number of aryl methyl sites for hydroxylation is 1. The Balaban J connectivity index is 2.34. The lowest BCUT2D eigenvalue weighted by molar-refractivity contribution is 0.102. The summed E-state index contributed by atoms with van der Waals surface area (Å²) >= 11 is 5.83. The Morgan fingerprint density at radius 1 is 1.12 bits per heavy atom. The van der Waals surface area contributed by atoms with E-state index in [1.54, 1.807) is 43.3 Å². The molecule has 0 saturated carbocycles. The van der Waals surface area contributed by atoms with Gasteiger partial charge in [0.25, 0.3) is 0 Å². The fourth-order valence-electron chi connectivity index (χ4n) is 1.89. The molecule has 24 heavy (non-hydrogen) atoms. The first-order chi connectivity index (χ1) is 11.5. The molecule has 2 rings (SSSR count). The van der Waals surface area contributed by atoms with E-state index in [2.05, 4.69) is 10.2 Å². The molecule has 2 N–H and O–H groups in total. The molecular weight excluding hydrogens is 326 g/mol. The lowest BCUT2D eigenvalue weighted by Gasteiger charge is -2.07. The Hall–Kier alpha value is -2.66. The maximum Gasteiger partial charge on any atom is 0.218 e. The topological polar surface area (TPSA) is 77.0 Å². The summed E-state index contributed by atoms with van der Waals surface area (Å²) in [6.07, 6.45) is 0. The van der Waals surface area contributed by atoms with Crippen LogP contribution >= 0.6 is 11.6 Å². The molecule has 0 aliphatic carbocycles. The molecule has 0 spiro atoms. The molecule has 0 atom stereocenters. The predicted octanol–water partition coefficient (Wildman–Crippen LogP) is 4.78. The zero-order chi connectivity index (χ0) is 17.5. The molecule has 2 aromatic carbocycles. The minimum atomic E-state index is -0.348. The van der Waals surface area contributed by atoms with E-state index in [0.29, 0.717) is 22.9 Å². The molecule has 0 bridgehead atoms. The minimum Gasteiger partial charge on any atom is -0.478 e. The quantitative estimate of drug-likeness (QED) is 0.355. The number of carbonyl (C=O) groups is 1. The van der Waals surface area contributed by atoms with Gasteiger partial charge >= 0.3 is 0 Å². The number of azo groups is 1. The highest BCUT2D eigenvalue weighted by Crippen LogP contribution is 2.20. The van der Waals surface area contributed by atoms with Crippen LogP contribution in [0.5, 0.6) is 0 Å². The Morgan fingerprint density at radius 3 is 2.33 bits per heavy atom. The number of ether oxygens (including phenoxy) is 1. The standard InChI is InChI=1S/C18H18ClN3O2/c1-3-24-18(20)16(17(23)13-6-4-12(2)5-7-13)22-21-15-10-8-14(19)9-11-15/h4-11H,3,20H2,1-2H3/b18-16-,22-21?. The van der Waals surface area contributed by atoms with Gasteiger partial charge < -0.3 is 10.5 Å². The zero-order valence-electron chi connectivity index (χ0n) is 13.5. The van der Waals surface area contributed by atoms with Crippen molar-refractivity contribution >= 4 is 23.1 Å². The second kappa shape index (κ2) is 8.26. The Morgan fingerprint density at radius 2 is 1.75 bits per heavy atom. The number of Topliss-reactive ketones (excluding diaryl/α,β-unsaturated/α-hetero) is 1. The van der Waals surface area contributed by atoms with Crippen LogP contribution in [0.2, 0.25) is 5.02 Å². The first-order valence-corrected chi connectivity index (χ1v) is 7.80. The van der Waals surface area contributed by atoms with E-state index in [-0.39, 0.29) is 17.4 Å². The average molecular weight is 344 g/mol. The van der Waals surface area contributed by atoms with Crippen molar-refractivity contribution in [3.05, 3.63) is 76.3 Å². The third kappa shape index (κ3) is 4.67. The van der Waals surface area contributed by atoms with E-state index < -0.39 is 0 Å². The maximum atomic E-state index is 12.7. The molecular formula is C18H18ClN3O2. The van der Waals surface area contributed by atoms with E-state index in [1.165, 1.54) is 0 Å².